The van der Waals surface area contributed by atoms with Crippen LogP contribution >= 0.6 is 0 Å². The lowest BCUT2D eigenvalue weighted by molar-refractivity contribution is -0.274. The van der Waals surface area contributed by atoms with Gasteiger partial charge in [0.1, 0.15) is 5.75 Å². The molecular formula is C22H18F3NO3. The Labute approximate surface area is 165 Å². The van der Waals surface area contributed by atoms with Gasteiger partial charge in [-0.25, -0.2) is 5.48 Å². The fourth-order valence-corrected chi connectivity index (χ4v) is 2.69. The van der Waals surface area contributed by atoms with Crippen LogP contribution in [0.5, 0.6) is 5.75 Å². The topological polar surface area (TPSA) is 58.6 Å². The Bertz CT molecular complexity index is 950. The van der Waals surface area contributed by atoms with Crippen molar-refractivity contribution in [2.24, 2.45) is 0 Å². The minimum atomic E-state index is -4.71. The Morgan fingerprint density at radius 3 is 1.97 bits per heavy atom. The minimum absolute atomic E-state index is 0.246. The molecule has 0 spiro atoms. The number of ether oxygens (including phenoxy) is 1. The van der Waals surface area contributed by atoms with E-state index in [1.807, 2.05) is 36.4 Å². The Hall–Kier alpha value is -3.32. The number of carbonyl (C=O) groups is 1. The summed E-state index contributed by atoms with van der Waals surface area (Å²) in [5, 5.41) is 8.47. The zero-order valence-corrected chi connectivity index (χ0v) is 15.2. The highest BCUT2D eigenvalue weighted by atomic mass is 19.4. The lowest BCUT2D eigenvalue weighted by Gasteiger charge is -2.09. The van der Waals surface area contributed by atoms with E-state index in [4.69, 9.17) is 5.21 Å². The number of hydroxylamine groups is 1. The average molecular weight is 401 g/mol. The van der Waals surface area contributed by atoms with E-state index in [2.05, 4.69) is 4.74 Å². The zero-order chi connectivity index (χ0) is 20.9. The van der Waals surface area contributed by atoms with Crippen LogP contribution in [0.3, 0.4) is 0 Å². The van der Waals surface area contributed by atoms with Crippen LogP contribution in [0.2, 0.25) is 0 Å². The molecule has 0 atom stereocenters. The summed E-state index contributed by atoms with van der Waals surface area (Å²) in [6, 6.07) is 13.3. The Morgan fingerprint density at radius 1 is 0.931 bits per heavy atom. The van der Waals surface area contributed by atoms with Gasteiger partial charge in [0.2, 0.25) is 0 Å². The maximum atomic E-state index is 12.3. The number of benzene rings is 2. The minimum Gasteiger partial charge on any atom is -0.406 e. The summed E-state index contributed by atoms with van der Waals surface area (Å²) in [7, 11) is 0. The van der Waals surface area contributed by atoms with Gasteiger partial charge < -0.3 is 4.74 Å². The summed E-state index contributed by atoms with van der Waals surface area (Å²) in [6.07, 6.45) is 3.89. The number of nitrogens with one attached hydrogen (secondary N) is 1. The van der Waals surface area contributed by atoms with Gasteiger partial charge >= 0.3 is 6.36 Å². The molecule has 1 fully saturated rings. The van der Waals surface area contributed by atoms with Gasteiger partial charge in [0, 0.05) is 6.08 Å². The van der Waals surface area contributed by atoms with E-state index < -0.39 is 12.3 Å². The quantitative estimate of drug-likeness (QED) is 0.389. The summed E-state index contributed by atoms with van der Waals surface area (Å²) in [4.78, 5) is 11.0. The number of allylic oxidation sites excluding steroid dienone is 3. The Kier molecular flexibility index (Phi) is 6.19. The molecule has 1 aliphatic rings. The largest absolute Gasteiger partial charge is 0.573 e. The van der Waals surface area contributed by atoms with Crippen LogP contribution in [0.4, 0.5) is 13.2 Å². The van der Waals surface area contributed by atoms with Crippen LogP contribution in [-0.2, 0) is 4.79 Å². The van der Waals surface area contributed by atoms with Crippen molar-refractivity contribution in [1.29, 1.82) is 0 Å². The molecule has 2 N–H and O–H groups in total. The van der Waals surface area contributed by atoms with E-state index in [0.29, 0.717) is 0 Å². The number of hydrogen-bond donors (Lipinski definition) is 2. The second kappa shape index (κ2) is 8.79. The SMILES string of the molecule is O=C(/C=C/c1ccc(/C=C/C(=C2CC2)c2ccc(OC(F)(F)F)cc2)cc1)NO. The van der Waals surface area contributed by atoms with E-state index in [1.165, 1.54) is 29.3 Å². The molecule has 2 aromatic carbocycles. The lowest BCUT2D eigenvalue weighted by Crippen LogP contribution is -2.16. The first kappa shape index (κ1) is 20.4. The molecule has 0 saturated heterocycles. The molecule has 150 valence electrons. The van der Waals surface area contributed by atoms with Gasteiger partial charge in [0.25, 0.3) is 5.91 Å². The van der Waals surface area contributed by atoms with Crippen molar-refractivity contribution in [3.05, 3.63) is 82.9 Å². The normalized spacial score (nSPS) is 13.7. The van der Waals surface area contributed by atoms with Crippen molar-refractivity contribution in [3.8, 4) is 5.75 Å². The van der Waals surface area contributed by atoms with E-state index in [9.17, 15) is 18.0 Å². The monoisotopic (exact) mass is 401 g/mol. The predicted molar refractivity (Wildman–Crippen MR) is 104 cm³/mol. The van der Waals surface area contributed by atoms with Gasteiger partial charge in [-0.3, -0.25) is 10.0 Å². The van der Waals surface area contributed by atoms with Crippen molar-refractivity contribution < 1.29 is 27.9 Å². The molecule has 7 heteroatoms. The van der Waals surface area contributed by atoms with Gasteiger partial charge in [0.05, 0.1) is 0 Å². The van der Waals surface area contributed by atoms with Crippen LogP contribution in [0.1, 0.15) is 29.5 Å². The predicted octanol–water partition coefficient (Wildman–Crippen LogP) is 5.36. The molecule has 1 saturated carbocycles. The number of rotatable bonds is 6. The Balaban J connectivity index is 1.72. The number of hydrogen-bond acceptors (Lipinski definition) is 3. The molecule has 0 aliphatic heterocycles. The first-order valence-electron chi connectivity index (χ1n) is 8.82. The second-order valence-electron chi connectivity index (χ2n) is 6.40. The molecule has 1 aliphatic carbocycles. The summed E-state index contributed by atoms with van der Waals surface area (Å²) in [5.74, 6) is -0.856. The van der Waals surface area contributed by atoms with E-state index in [0.717, 1.165) is 35.1 Å². The van der Waals surface area contributed by atoms with Crippen LogP contribution in [-0.4, -0.2) is 17.5 Å². The molecule has 0 unspecified atom stereocenters. The first-order chi connectivity index (χ1) is 13.8. The van der Waals surface area contributed by atoms with Crippen molar-refractivity contribution in [2.75, 3.05) is 0 Å². The molecule has 2 aromatic rings. The standard InChI is InChI=1S/C22H18F3NO3/c23-22(24,25)29-19-11-9-18(10-12-19)20(17-7-8-17)13-5-15-1-3-16(4-2-15)6-14-21(27)26-28/h1-6,9-14,28H,7-8H2,(H,26,27)/b13-5+,14-6+. The molecule has 4 nitrogen and oxygen atoms in total. The van der Waals surface area contributed by atoms with E-state index >= 15 is 0 Å². The Morgan fingerprint density at radius 2 is 1.48 bits per heavy atom. The summed E-state index contributed by atoms with van der Waals surface area (Å²) >= 11 is 0. The van der Waals surface area contributed by atoms with Gasteiger partial charge in [-0.15, -0.1) is 13.2 Å². The maximum Gasteiger partial charge on any atom is 0.573 e. The highest BCUT2D eigenvalue weighted by Gasteiger charge is 2.31. The smallest absolute Gasteiger partial charge is 0.406 e. The highest BCUT2D eigenvalue weighted by molar-refractivity contribution is 5.90. The number of amides is 1. The molecule has 29 heavy (non-hydrogen) atoms. The fraction of sp³-hybridized carbons (Fsp3) is 0.136. The molecular weight excluding hydrogens is 383 g/mol. The summed E-state index contributed by atoms with van der Waals surface area (Å²) < 4.78 is 40.8. The van der Waals surface area contributed by atoms with Crippen LogP contribution < -0.4 is 10.2 Å². The molecule has 0 radical (unpaired) electrons. The van der Waals surface area contributed by atoms with Crippen molar-refractivity contribution in [2.45, 2.75) is 19.2 Å². The fourth-order valence-electron chi connectivity index (χ4n) is 2.69. The third-order valence-corrected chi connectivity index (χ3v) is 4.20. The highest BCUT2D eigenvalue weighted by Crippen LogP contribution is 2.38. The second-order valence-corrected chi connectivity index (χ2v) is 6.40. The zero-order valence-electron chi connectivity index (χ0n) is 15.2. The number of carbonyl (C=O) groups excluding carboxylic acids is 1. The number of alkyl halides is 3. The van der Waals surface area contributed by atoms with Gasteiger partial charge in [-0.1, -0.05) is 54.1 Å². The maximum absolute atomic E-state index is 12.3. The van der Waals surface area contributed by atoms with Crippen molar-refractivity contribution in [3.63, 3.8) is 0 Å². The van der Waals surface area contributed by atoms with Gasteiger partial charge in [0.15, 0.2) is 0 Å². The van der Waals surface area contributed by atoms with Crippen LogP contribution in [0, 0.1) is 0 Å². The molecule has 3 rings (SSSR count). The van der Waals surface area contributed by atoms with Crippen LogP contribution in [0.25, 0.3) is 17.7 Å². The number of halogens is 3. The molecule has 1 amide bonds. The molecule has 0 bridgehead atoms. The molecule has 0 aromatic heterocycles. The van der Waals surface area contributed by atoms with E-state index in [1.54, 1.807) is 18.2 Å². The van der Waals surface area contributed by atoms with Gasteiger partial charge in [-0.05, 0) is 53.3 Å². The van der Waals surface area contributed by atoms with E-state index in [-0.39, 0.29) is 5.75 Å². The first-order valence-corrected chi connectivity index (χ1v) is 8.82. The van der Waals surface area contributed by atoms with Crippen molar-refractivity contribution >= 4 is 23.6 Å². The van der Waals surface area contributed by atoms with Crippen molar-refractivity contribution in [1.82, 2.24) is 5.48 Å². The summed E-state index contributed by atoms with van der Waals surface area (Å²) in [6.45, 7) is 0. The lowest BCUT2D eigenvalue weighted by atomic mass is 10.0. The molecule has 0 heterocycles. The third-order valence-electron chi connectivity index (χ3n) is 4.20. The average Bonchev–Trinajstić information content (AvgIpc) is 3.52. The van der Waals surface area contributed by atoms with Crippen LogP contribution in [0.15, 0.2) is 66.3 Å². The third kappa shape index (κ3) is 6.36. The van der Waals surface area contributed by atoms with Gasteiger partial charge in [-0.2, -0.15) is 0 Å². The summed E-state index contributed by atoms with van der Waals surface area (Å²) in [5.41, 5.74) is 6.33.